The topological polar surface area (TPSA) is 36.8 Å². The van der Waals surface area contributed by atoms with Gasteiger partial charge in [-0.25, -0.2) is 0 Å². The Hall–Kier alpha value is -2.83. The summed E-state index contributed by atoms with van der Waals surface area (Å²) in [5.74, 6) is 0.974. The summed E-state index contributed by atoms with van der Waals surface area (Å²) in [6.45, 7) is 7.65. The SMILES string of the molecule is COc1ccccc1N1CCN(C2CCCN(Cc3cccn3-c3cccnc3)C2)CC1. The predicted molar refractivity (Wildman–Crippen MR) is 129 cm³/mol. The lowest BCUT2D eigenvalue weighted by Gasteiger charge is -2.44. The van der Waals surface area contributed by atoms with Crippen molar-refractivity contribution >= 4 is 5.69 Å². The molecule has 2 aromatic heterocycles. The van der Waals surface area contributed by atoms with Gasteiger partial charge in [-0.15, -0.1) is 0 Å². The molecule has 2 aliphatic rings. The number of anilines is 1. The quantitative estimate of drug-likeness (QED) is 0.595. The normalized spacial score (nSPS) is 20.4. The van der Waals surface area contributed by atoms with E-state index >= 15 is 0 Å². The van der Waals surface area contributed by atoms with Gasteiger partial charge in [-0.05, 0) is 55.8 Å². The van der Waals surface area contributed by atoms with Gasteiger partial charge in [0.05, 0.1) is 24.7 Å². The van der Waals surface area contributed by atoms with Gasteiger partial charge in [-0.2, -0.15) is 0 Å². The fourth-order valence-electron chi connectivity index (χ4n) is 5.21. The van der Waals surface area contributed by atoms with Crippen molar-refractivity contribution in [3.63, 3.8) is 0 Å². The van der Waals surface area contributed by atoms with Gasteiger partial charge in [0.1, 0.15) is 5.75 Å². The highest BCUT2D eigenvalue weighted by Crippen LogP contribution is 2.29. The summed E-state index contributed by atoms with van der Waals surface area (Å²) in [6, 6.07) is 17.5. The number of likely N-dealkylation sites (tertiary alicyclic amines) is 1. The molecule has 6 nitrogen and oxygen atoms in total. The van der Waals surface area contributed by atoms with E-state index in [2.05, 4.69) is 66.8 Å². The Morgan fingerprint density at radius 2 is 1.84 bits per heavy atom. The first kappa shape index (κ1) is 21.0. The fourth-order valence-corrected chi connectivity index (χ4v) is 5.21. The monoisotopic (exact) mass is 431 g/mol. The molecular weight excluding hydrogens is 398 g/mol. The summed E-state index contributed by atoms with van der Waals surface area (Å²) < 4.78 is 7.85. The Balaban J connectivity index is 1.19. The molecule has 0 N–H and O–H groups in total. The highest BCUT2D eigenvalue weighted by Gasteiger charge is 2.29. The van der Waals surface area contributed by atoms with E-state index in [9.17, 15) is 0 Å². The molecule has 1 unspecified atom stereocenters. The minimum Gasteiger partial charge on any atom is -0.495 e. The van der Waals surface area contributed by atoms with E-state index in [0.29, 0.717) is 6.04 Å². The standard InChI is InChI=1S/C26H33N5O/c1-32-26-11-3-2-10-25(26)30-17-15-29(16-18-30)23-8-5-13-28(20-23)21-24-9-6-14-31(24)22-7-4-12-27-19-22/h2-4,6-7,9-12,14,19,23H,5,8,13,15-18,20-21H2,1H3. The van der Waals surface area contributed by atoms with E-state index in [1.165, 1.54) is 30.8 Å². The second-order valence-corrected chi connectivity index (χ2v) is 8.81. The zero-order chi connectivity index (χ0) is 21.8. The number of para-hydroxylation sites is 2. The van der Waals surface area contributed by atoms with Crippen molar-refractivity contribution in [1.82, 2.24) is 19.4 Å². The van der Waals surface area contributed by atoms with Gasteiger partial charge in [0.25, 0.3) is 0 Å². The van der Waals surface area contributed by atoms with Crippen LogP contribution in [-0.2, 0) is 6.54 Å². The molecule has 2 aliphatic heterocycles. The van der Waals surface area contributed by atoms with Crippen molar-refractivity contribution in [2.24, 2.45) is 0 Å². The first-order valence-electron chi connectivity index (χ1n) is 11.7. The van der Waals surface area contributed by atoms with E-state index < -0.39 is 0 Å². The molecule has 3 aromatic rings. The number of pyridine rings is 1. The fraction of sp³-hybridized carbons (Fsp3) is 0.423. The molecule has 6 heteroatoms. The van der Waals surface area contributed by atoms with Gasteiger partial charge in [0, 0.05) is 63.4 Å². The van der Waals surface area contributed by atoms with E-state index in [1.54, 1.807) is 7.11 Å². The van der Waals surface area contributed by atoms with Crippen LogP contribution in [0.3, 0.4) is 0 Å². The van der Waals surface area contributed by atoms with Crippen LogP contribution < -0.4 is 9.64 Å². The van der Waals surface area contributed by atoms with E-state index in [-0.39, 0.29) is 0 Å². The lowest BCUT2D eigenvalue weighted by Crippen LogP contribution is -2.55. The van der Waals surface area contributed by atoms with Crippen LogP contribution in [-0.4, -0.2) is 71.8 Å². The number of hydrogen-bond donors (Lipinski definition) is 0. The Bertz CT molecular complexity index is 996. The predicted octanol–water partition coefficient (Wildman–Crippen LogP) is 3.67. The molecule has 0 amide bonds. The summed E-state index contributed by atoms with van der Waals surface area (Å²) >= 11 is 0. The Morgan fingerprint density at radius 1 is 0.969 bits per heavy atom. The number of nitrogens with zero attached hydrogens (tertiary/aromatic N) is 5. The largest absolute Gasteiger partial charge is 0.495 e. The molecule has 2 saturated heterocycles. The molecule has 1 aromatic carbocycles. The van der Waals surface area contributed by atoms with Crippen LogP contribution in [0.15, 0.2) is 67.1 Å². The van der Waals surface area contributed by atoms with Gasteiger partial charge >= 0.3 is 0 Å². The van der Waals surface area contributed by atoms with E-state index in [4.69, 9.17) is 4.74 Å². The number of piperazine rings is 1. The molecule has 0 aliphatic carbocycles. The van der Waals surface area contributed by atoms with Crippen LogP contribution in [0, 0.1) is 0 Å². The summed E-state index contributed by atoms with van der Waals surface area (Å²) in [7, 11) is 1.76. The summed E-state index contributed by atoms with van der Waals surface area (Å²) in [5.41, 5.74) is 3.68. The van der Waals surface area contributed by atoms with Gasteiger partial charge in [0.15, 0.2) is 0 Å². The van der Waals surface area contributed by atoms with Crippen LogP contribution in [0.25, 0.3) is 5.69 Å². The zero-order valence-electron chi connectivity index (χ0n) is 18.9. The second-order valence-electron chi connectivity index (χ2n) is 8.81. The molecule has 1 atom stereocenters. The lowest BCUT2D eigenvalue weighted by atomic mass is 10.0. The van der Waals surface area contributed by atoms with Crippen LogP contribution in [0.2, 0.25) is 0 Å². The number of benzene rings is 1. The number of ether oxygens (including phenoxy) is 1. The molecule has 2 fully saturated rings. The smallest absolute Gasteiger partial charge is 0.142 e. The summed E-state index contributed by atoms with van der Waals surface area (Å²) in [6.07, 6.45) is 8.48. The molecule has 32 heavy (non-hydrogen) atoms. The Kier molecular flexibility index (Phi) is 6.41. The molecular formula is C26H33N5O. The van der Waals surface area contributed by atoms with Crippen LogP contribution in [0.1, 0.15) is 18.5 Å². The Labute approximate surface area is 191 Å². The van der Waals surface area contributed by atoms with Gasteiger partial charge in [-0.1, -0.05) is 12.1 Å². The number of hydrogen-bond acceptors (Lipinski definition) is 5. The molecule has 0 spiro atoms. The van der Waals surface area contributed by atoms with Crippen molar-refractivity contribution in [3.05, 3.63) is 72.8 Å². The maximum absolute atomic E-state index is 5.58. The molecule has 4 heterocycles. The third kappa shape index (κ3) is 4.52. The van der Waals surface area contributed by atoms with Crippen molar-refractivity contribution in [1.29, 1.82) is 0 Å². The third-order valence-corrected chi connectivity index (χ3v) is 6.88. The van der Waals surface area contributed by atoms with Gasteiger partial charge < -0.3 is 14.2 Å². The minimum atomic E-state index is 0.644. The third-order valence-electron chi connectivity index (χ3n) is 6.88. The van der Waals surface area contributed by atoms with Crippen LogP contribution >= 0.6 is 0 Å². The summed E-state index contributed by atoms with van der Waals surface area (Å²) in [5, 5.41) is 0. The maximum Gasteiger partial charge on any atom is 0.142 e. The zero-order valence-corrected chi connectivity index (χ0v) is 18.9. The molecule has 0 bridgehead atoms. The van der Waals surface area contributed by atoms with E-state index in [0.717, 1.165) is 50.7 Å². The number of piperidine rings is 1. The number of aromatic nitrogens is 2. The van der Waals surface area contributed by atoms with Crippen LogP contribution in [0.4, 0.5) is 5.69 Å². The summed E-state index contributed by atoms with van der Waals surface area (Å²) in [4.78, 5) is 12.1. The van der Waals surface area contributed by atoms with Crippen molar-refractivity contribution < 1.29 is 4.74 Å². The first-order chi connectivity index (χ1) is 15.8. The average molecular weight is 432 g/mol. The Morgan fingerprint density at radius 3 is 2.66 bits per heavy atom. The molecule has 0 saturated carbocycles. The van der Waals surface area contributed by atoms with Gasteiger partial charge in [0.2, 0.25) is 0 Å². The molecule has 5 rings (SSSR count). The number of rotatable bonds is 6. The number of methoxy groups -OCH3 is 1. The first-order valence-corrected chi connectivity index (χ1v) is 11.7. The minimum absolute atomic E-state index is 0.644. The van der Waals surface area contributed by atoms with Crippen molar-refractivity contribution in [3.8, 4) is 11.4 Å². The van der Waals surface area contributed by atoms with Crippen LogP contribution in [0.5, 0.6) is 5.75 Å². The average Bonchev–Trinajstić information content (AvgIpc) is 3.33. The molecule has 0 radical (unpaired) electrons. The lowest BCUT2D eigenvalue weighted by molar-refractivity contribution is 0.0878. The highest BCUT2D eigenvalue weighted by molar-refractivity contribution is 5.58. The van der Waals surface area contributed by atoms with Crippen molar-refractivity contribution in [2.75, 3.05) is 51.3 Å². The second kappa shape index (κ2) is 9.76. The van der Waals surface area contributed by atoms with Gasteiger partial charge in [-0.3, -0.25) is 14.8 Å². The van der Waals surface area contributed by atoms with Crippen molar-refractivity contribution in [2.45, 2.75) is 25.4 Å². The maximum atomic E-state index is 5.58. The highest BCUT2D eigenvalue weighted by atomic mass is 16.5. The molecule has 168 valence electrons. The van der Waals surface area contributed by atoms with E-state index in [1.807, 2.05) is 24.5 Å².